The molecule has 0 saturated heterocycles. The van der Waals surface area contributed by atoms with Crippen molar-refractivity contribution < 1.29 is 24.2 Å². The number of aliphatic hydroxyl groups excluding tert-OH is 1. The van der Waals surface area contributed by atoms with E-state index in [2.05, 4.69) is 20.4 Å². The molecule has 0 aliphatic rings. The van der Waals surface area contributed by atoms with Gasteiger partial charge in [-0.1, -0.05) is 0 Å². The fourth-order valence-electron chi connectivity index (χ4n) is 1.22. The van der Waals surface area contributed by atoms with Gasteiger partial charge in [-0.25, -0.2) is 0 Å². The Balaban J connectivity index is 2.38. The van der Waals surface area contributed by atoms with Crippen LogP contribution in [0, 0.1) is 0 Å². The summed E-state index contributed by atoms with van der Waals surface area (Å²) in [5.74, 6) is -1.56. The highest BCUT2D eigenvalue weighted by Crippen LogP contribution is 1.99. The van der Waals surface area contributed by atoms with Crippen LogP contribution in [0.25, 0.3) is 0 Å². The number of amides is 2. The highest BCUT2D eigenvalue weighted by molar-refractivity contribution is 5.96. The second kappa shape index (κ2) is 7.85. The molecule has 1 heterocycles. The second-order valence-corrected chi connectivity index (χ2v) is 3.73. The number of nitrogens with zero attached hydrogens (tertiary/aromatic N) is 1. The van der Waals surface area contributed by atoms with Crippen molar-refractivity contribution in [1.29, 1.82) is 0 Å². The van der Waals surface area contributed by atoms with E-state index in [-0.39, 0.29) is 25.3 Å². The summed E-state index contributed by atoms with van der Waals surface area (Å²) >= 11 is 0. The first-order chi connectivity index (χ1) is 9.56. The Morgan fingerprint density at radius 1 is 1.25 bits per heavy atom. The highest BCUT2D eigenvalue weighted by Gasteiger charge is 2.09. The molecule has 0 fully saturated rings. The standard InChI is InChI=1S/C12H15N3O5/c1-20-11(18)6-14-10(17)5-15-12(19)8-2-3-9(7-16)13-4-8/h2-4,16H,5-7H2,1H3,(H,14,17)(H,15,19). The summed E-state index contributed by atoms with van der Waals surface area (Å²) in [4.78, 5) is 37.6. The maximum Gasteiger partial charge on any atom is 0.325 e. The fourth-order valence-corrected chi connectivity index (χ4v) is 1.22. The molecular formula is C12H15N3O5. The highest BCUT2D eigenvalue weighted by atomic mass is 16.5. The topological polar surface area (TPSA) is 118 Å². The van der Waals surface area contributed by atoms with Crippen molar-refractivity contribution in [2.75, 3.05) is 20.2 Å². The SMILES string of the molecule is COC(=O)CNC(=O)CNC(=O)c1ccc(CO)nc1. The van der Waals surface area contributed by atoms with Gasteiger partial charge in [-0.2, -0.15) is 0 Å². The maximum absolute atomic E-state index is 11.7. The van der Waals surface area contributed by atoms with E-state index >= 15 is 0 Å². The van der Waals surface area contributed by atoms with E-state index < -0.39 is 17.8 Å². The van der Waals surface area contributed by atoms with E-state index in [0.29, 0.717) is 5.69 Å². The van der Waals surface area contributed by atoms with Crippen molar-refractivity contribution in [2.45, 2.75) is 6.61 Å². The number of aromatic nitrogens is 1. The monoisotopic (exact) mass is 281 g/mol. The minimum atomic E-state index is -0.575. The van der Waals surface area contributed by atoms with Crippen LogP contribution >= 0.6 is 0 Å². The van der Waals surface area contributed by atoms with Gasteiger partial charge in [0.05, 0.1) is 31.5 Å². The second-order valence-electron chi connectivity index (χ2n) is 3.73. The predicted molar refractivity (Wildman–Crippen MR) is 67.5 cm³/mol. The average Bonchev–Trinajstić information content (AvgIpc) is 2.50. The molecule has 0 radical (unpaired) electrons. The summed E-state index contributed by atoms with van der Waals surface area (Å²) in [6.45, 7) is -0.729. The van der Waals surface area contributed by atoms with Crippen molar-refractivity contribution in [3.63, 3.8) is 0 Å². The van der Waals surface area contributed by atoms with Crippen LogP contribution in [0.5, 0.6) is 0 Å². The van der Waals surface area contributed by atoms with Gasteiger partial charge in [0.2, 0.25) is 5.91 Å². The van der Waals surface area contributed by atoms with Gasteiger partial charge < -0.3 is 20.5 Å². The van der Waals surface area contributed by atoms with Gasteiger partial charge in [0.25, 0.3) is 5.91 Å². The first kappa shape index (κ1) is 15.6. The van der Waals surface area contributed by atoms with Crippen LogP contribution in [-0.2, 0) is 20.9 Å². The fraction of sp³-hybridized carbons (Fsp3) is 0.333. The van der Waals surface area contributed by atoms with Crippen LogP contribution < -0.4 is 10.6 Å². The van der Waals surface area contributed by atoms with E-state index in [1.54, 1.807) is 0 Å². The van der Waals surface area contributed by atoms with Gasteiger partial charge in [0, 0.05) is 6.20 Å². The van der Waals surface area contributed by atoms with E-state index in [4.69, 9.17) is 5.11 Å². The number of esters is 1. The molecule has 0 saturated carbocycles. The largest absolute Gasteiger partial charge is 0.468 e. The molecule has 2 amide bonds. The molecule has 0 aliphatic heterocycles. The van der Waals surface area contributed by atoms with Gasteiger partial charge in [-0.3, -0.25) is 19.4 Å². The molecule has 0 aliphatic carbocycles. The lowest BCUT2D eigenvalue weighted by Crippen LogP contribution is -2.39. The number of methoxy groups -OCH3 is 1. The Bertz CT molecular complexity index is 486. The van der Waals surface area contributed by atoms with E-state index in [1.165, 1.54) is 25.4 Å². The van der Waals surface area contributed by atoms with Gasteiger partial charge in [-0.15, -0.1) is 0 Å². The Morgan fingerprint density at radius 3 is 2.55 bits per heavy atom. The number of carbonyl (C=O) groups excluding carboxylic acids is 3. The van der Waals surface area contributed by atoms with Crippen molar-refractivity contribution in [3.8, 4) is 0 Å². The Labute approximate surface area is 115 Å². The van der Waals surface area contributed by atoms with Crippen LogP contribution in [0.4, 0.5) is 0 Å². The van der Waals surface area contributed by atoms with Gasteiger partial charge in [-0.05, 0) is 12.1 Å². The summed E-state index contributed by atoms with van der Waals surface area (Å²) in [6.07, 6.45) is 1.30. The van der Waals surface area contributed by atoms with Crippen LogP contribution in [-0.4, -0.2) is 48.1 Å². The number of ether oxygens (including phenoxy) is 1. The smallest absolute Gasteiger partial charge is 0.325 e. The minimum Gasteiger partial charge on any atom is -0.468 e. The molecular weight excluding hydrogens is 266 g/mol. The third-order valence-corrected chi connectivity index (χ3v) is 2.32. The lowest BCUT2D eigenvalue weighted by molar-refractivity contribution is -0.141. The predicted octanol–water partition coefficient (Wildman–Crippen LogP) is -1.41. The summed E-state index contributed by atoms with van der Waals surface area (Å²) in [5.41, 5.74) is 0.709. The molecule has 0 spiro atoms. The molecule has 0 aromatic carbocycles. The Morgan fingerprint density at radius 2 is 2.00 bits per heavy atom. The zero-order chi connectivity index (χ0) is 15.0. The molecule has 1 aromatic rings. The summed E-state index contributed by atoms with van der Waals surface area (Å²) in [5, 5.41) is 13.5. The molecule has 108 valence electrons. The molecule has 3 N–H and O–H groups in total. The molecule has 0 atom stereocenters. The van der Waals surface area contributed by atoms with E-state index in [9.17, 15) is 14.4 Å². The van der Waals surface area contributed by atoms with Crippen molar-refractivity contribution >= 4 is 17.8 Å². The number of hydrogen-bond donors (Lipinski definition) is 3. The molecule has 8 nitrogen and oxygen atoms in total. The summed E-state index contributed by atoms with van der Waals surface area (Å²) < 4.78 is 4.35. The lowest BCUT2D eigenvalue weighted by atomic mass is 10.2. The molecule has 1 aromatic heterocycles. The minimum absolute atomic E-state index is 0.210. The van der Waals surface area contributed by atoms with Gasteiger partial charge >= 0.3 is 5.97 Å². The number of aliphatic hydroxyl groups is 1. The third kappa shape index (κ3) is 5.02. The molecule has 8 heteroatoms. The summed E-state index contributed by atoms with van der Waals surface area (Å²) in [7, 11) is 1.21. The zero-order valence-corrected chi connectivity index (χ0v) is 10.9. The summed E-state index contributed by atoms with van der Waals surface area (Å²) in [6, 6.07) is 2.99. The molecule has 0 bridgehead atoms. The van der Waals surface area contributed by atoms with Crippen molar-refractivity contribution in [2.24, 2.45) is 0 Å². The maximum atomic E-state index is 11.7. The van der Waals surface area contributed by atoms with Crippen LogP contribution in [0.15, 0.2) is 18.3 Å². The lowest BCUT2D eigenvalue weighted by Gasteiger charge is -2.06. The number of carbonyl (C=O) groups is 3. The van der Waals surface area contributed by atoms with E-state index in [1.807, 2.05) is 0 Å². The molecule has 0 unspecified atom stereocenters. The van der Waals surface area contributed by atoms with Crippen molar-refractivity contribution in [1.82, 2.24) is 15.6 Å². The third-order valence-electron chi connectivity index (χ3n) is 2.32. The Kier molecular flexibility index (Phi) is 6.11. The first-order valence-electron chi connectivity index (χ1n) is 5.74. The number of nitrogens with one attached hydrogen (secondary N) is 2. The number of hydrogen-bond acceptors (Lipinski definition) is 6. The van der Waals surface area contributed by atoms with Crippen molar-refractivity contribution in [3.05, 3.63) is 29.6 Å². The van der Waals surface area contributed by atoms with Crippen LogP contribution in [0.2, 0.25) is 0 Å². The quantitative estimate of drug-likeness (QED) is 0.552. The average molecular weight is 281 g/mol. The first-order valence-corrected chi connectivity index (χ1v) is 5.74. The van der Waals surface area contributed by atoms with Gasteiger partial charge in [0.15, 0.2) is 0 Å². The van der Waals surface area contributed by atoms with Crippen LogP contribution in [0.1, 0.15) is 16.1 Å². The van der Waals surface area contributed by atoms with Crippen LogP contribution in [0.3, 0.4) is 0 Å². The zero-order valence-electron chi connectivity index (χ0n) is 10.9. The molecule has 1 rings (SSSR count). The Hall–Kier alpha value is -2.48. The van der Waals surface area contributed by atoms with E-state index in [0.717, 1.165) is 0 Å². The normalized spacial score (nSPS) is 9.70. The molecule has 20 heavy (non-hydrogen) atoms. The number of pyridine rings is 1. The van der Waals surface area contributed by atoms with Gasteiger partial charge in [0.1, 0.15) is 6.54 Å². The number of rotatable bonds is 6.